The molecule has 0 aromatic heterocycles. The number of rotatable bonds is 4. The molecule has 0 spiro atoms. The van der Waals surface area contributed by atoms with E-state index >= 15 is 0 Å². The van der Waals surface area contributed by atoms with Crippen molar-refractivity contribution in [3.05, 3.63) is 21.7 Å². The van der Waals surface area contributed by atoms with Crippen LogP contribution in [0.15, 0.2) is 10.5 Å². The van der Waals surface area contributed by atoms with Gasteiger partial charge in [0.05, 0.1) is 11.5 Å². The fraction of sp³-hybridized carbons (Fsp3) is 0.333. The maximum Gasteiger partial charge on any atom is 0.306 e. The zero-order valence-electron chi connectivity index (χ0n) is 9.60. The molecule has 1 unspecified atom stereocenters. The molecule has 0 aliphatic carbocycles. The minimum absolute atomic E-state index is 0.0427. The maximum atomic E-state index is 10.9. The molecule has 0 saturated heterocycles. The zero-order valence-corrected chi connectivity index (χ0v) is 11.2. The summed E-state index contributed by atoms with van der Waals surface area (Å²) in [5.41, 5.74) is 1.10. The number of ether oxygens (including phenoxy) is 2. The highest BCUT2D eigenvalue weighted by molar-refractivity contribution is 9.10. The van der Waals surface area contributed by atoms with Crippen molar-refractivity contribution >= 4 is 28.2 Å². The molecule has 1 aliphatic rings. The van der Waals surface area contributed by atoms with Gasteiger partial charge in [-0.2, -0.15) is 0 Å². The summed E-state index contributed by atoms with van der Waals surface area (Å²) in [4.78, 5) is 21.8. The lowest BCUT2D eigenvalue weighted by atomic mass is 9.98. The Hall–Kier alpha value is -1.56. The first-order chi connectivity index (χ1) is 8.54. The molecule has 0 radical (unpaired) electrons. The first-order valence-corrected chi connectivity index (χ1v) is 6.12. The molecule has 2 rings (SSSR count). The van der Waals surface area contributed by atoms with Gasteiger partial charge in [0.15, 0.2) is 17.8 Å². The van der Waals surface area contributed by atoms with E-state index in [1.165, 1.54) is 0 Å². The van der Waals surface area contributed by atoms with Crippen LogP contribution in [0.2, 0.25) is 0 Å². The van der Waals surface area contributed by atoms with Crippen molar-refractivity contribution in [1.29, 1.82) is 0 Å². The van der Waals surface area contributed by atoms with E-state index in [9.17, 15) is 9.59 Å². The van der Waals surface area contributed by atoms with E-state index in [4.69, 9.17) is 14.6 Å². The molecule has 18 heavy (non-hydrogen) atoms. The molecule has 96 valence electrons. The van der Waals surface area contributed by atoms with E-state index in [-0.39, 0.29) is 6.79 Å². The predicted molar refractivity (Wildman–Crippen MR) is 66.2 cm³/mol. The second kappa shape index (κ2) is 4.97. The van der Waals surface area contributed by atoms with Crippen LogP contribution in [-0.4, -0.2) is 24.2 Å². The number of hydrogen-bond donors (Lipinski definition) is 1. The van der Waals surface area contributed by atoms with Crippen molar-refractivity contribution in [1.82, 2.24) is 0 Å². The molecule has 0 bridgehead atoms. The summed E-state index contributed by atoms with van der Waals surface area (Å²) < 4.78 is 11.2. The van der Waals surface area contributed by atoms with Crippen molar-refractivity contribution < 1.29 is 24.2 Å². The monoisotopic (exact) mass is 314 g/mol. The van der Waals surface area contributed by atoms with Crippen LogP contribution in [0.1, 0.15) is 22.8 Å². The summed E-state index contributed by atoms with van der Waals surface area (Å²) in [6.07, 6.45) is 0.990. The average molecular weight is 315 g/mol. The molecular weight excluding hydrogens is 304 g/mol. The number of carboxylic acids is 1. The van der Waals surface area contributed by atoms with Gasteiger partial charge in [0.25, 0.3) is 0 Å². The van der Waals surface area contributed by atoms with Crippen molar-refractivity contribution in [3.63, 3.8) is 0 Å². The quantitative estimate of drug-likeness (QED) is 0.863. The molecule has 1 aromatic rings. The van der Waals surface area contributed by atoms with Crippen LogP contribution in [0.25, 0.3) is 0 Å². The van der Waals surface area contributed by atoms with Crippen molar-refractivity contribution in [2.24, 2.45) is 5.92 Å². The van der Waals surface area contributed by atoms with E-state index in [2.05, 4.69) is 15.9 Å². The molecule has 1 heterocycles. The van der Waals surface area contributed by atoms with Gasteiger partial charge in [-0.25, -0.2) is 0 Å². The van der Waals surface area contributed by atoms with Crippen LogP contribution in [-0.2, 0) is 11.2 Å². The molecule has 1 aromatic carbocycles. The standard InChI is InChI=1S/C12H11BrO5/c1-6(12(15)16)2-8-9(13)3-7(4-14)10-11(8)18-5-17-10/h3-4,6H,2,5H2,1H3,(H,15,16). The number of benzene rings is 1. The van der Waals surface area contributed by atoms with Crippen molar-refractivity contribution in [2.45, 2.75) is 13.3 Å². The minimum Gasteiger partial charge on any atom is -0.481 e. The molecule has 1 atom stereocenters. The van der Waals surface area contributed by atoms with Gasteiger partial charge in [0, 0.05) is 10.0 Å². The highest BCUT2D eigenvalue weighted by atomic mass is 79.9. The fourth-order valence-electron chi connectivity index (χ4n) is 1.79. The summed E-state index contributed by atoms with van der Waals surface area (Å²) in [6.45, 7) is 1.66. The molecule has 5 nitrogen and oxygen atoms in total. The normalized spacial score (nSPS) is 14.3. The second-order valence-electron chi connectivity index (χ2n) is 4.05. The highest BCUT2D eigenvalue weighted by Gasteiger charge is 2.26. The van der Waals surface area contributed by atoms with E-state index in [0.717, 1.165) is 0 Å². The lowest BCUT2D eigenvalue weighted by Crippen LogP contribution is -2.13. The number of fused-ring (bicyclic) bond motifs is 1. The lowest BCUT2D eigenvalue weighted by molar-refractivity contribution is -0.141. The number of carbonyl (C=O) groups is 2. The fourth-order valence-corrected chi connectivity index (χ4v) is 2.37. The van der Waals surface area contributed by atoms with Gasteiger partial charge in [-0.1, -0.05) is 22.9 Å². The average Bonchev–Trinajstić information content (AvgIpc) is 2.80. The van der Waals surface area contributed by atoms with Crippen molar-refractivity contribution in [2.75, 3.05) is 6.79 Å². The van der Waals surface area contributed by atoms with Gasteiger partial charge in [-0.3, -0.25) is 9.59 Å². The van der Waals surface area contributed by atoms with E-state index in [0.29, 0.717) is 39.8 Å². The Morgan fingerprint density at radius 3 is 2.83 bits per heavy atom. The third-order valence-corrected chi connectivity index (χ3v) is 3.49. The van der Waals surface area contributed by atoms with Crippen LogP contribution in [0.5, 0.6) is 11.5 Å². The van der Waals surface area contributed by atoms with Gasteiger partial charge >= 0.3 is 5.97 Å². The first-order valence-electron chi connectivity index (χ1n) is 5.33. The molecule has 1 aliphatic heterocycles. The van der Waals surface area contributed by atoms with Crippen LogP contribution < -0.4 is 9.47 Å². The van der Waals surface area contributed by atoms with Crippen LogP contribution in [0.4, 0.5) is 0 Å². The van der Waals surface area contributed by atoms with Gasteiger partial charge in [0.1, 0.15) is 0 Å². The Labute approximate surface area is 112 Å². The number of carboxylic acid groups (broad SMARTS) is 1. The van der Waals surface area contributed by atoms with E-state index in [1.807, 2.05) is 0 Å². The number of aldehydes is 1. The Bertz CT molecular complexity index is 512. The Morgan fingerprint density at radius 1 is 1.56 bits per heavy atom. The largest absolute Gasteiger partial charge is 0.481 e. The SMILES string of the molecule is CC(Cc1c(Br)cc(C=O)c2c1OCO2)C(=O)O. The van der Waals surface area contributed by atoms with Crippen LogP contribution in [0, 0.1) is 5.92 Å². The van der Waals surface area contributed by atoms with Gasteiger partial charge < -0.3 is 14.6 Å². The zero-order chi connectivity index (χ0) is 13.3. The Balaban J connectivity index is 2.45. The van der Waals surface area contributed by atoms with E-state index < -0.39 is 11.9 Å². The molecule has 0 fully saturated rings. The molecular formula is C12H11BrO5. The Kier molecular flexibility index (Phi) is 3.56. The second-order valence-corrected chi connectivity index (χ2v) is 4.91. The number of carbonyl (C=O) groups excluding carboxylic acids is 1. The topological polar surface area (TPSA) is 72.8 Å². The van der Waals surface area contributed by atoms with E-state index in [1.54, 1.807) is 13.0 Å². The number of aliphatic carboxylic acids is 1. The summed E-state index contributed by atoms with van der Waals surface area (Å²) in [5, 5.41) is 8.94. The summed E-state index contributed by atoms with van der Waals surface area (Å²) in [6, 6.07) is 1.62. The summed E-state index contributed by atoms with van der Waals surface area (Å²) in [7, 11) is 0. The third-order valence-electron chi connectivity index (χ3n) is 2.78. The van der Waals surface area contributed by atoms with Gasteiger partial charge in [0.2, 0.25) is 6.79 Å². The molecule has 6 heteroatoms. The smallest absolute Gasteiger partial charge is 0.306 e. The van der Waals surface area contributed by atoms with Crippen LogP contribution in [0.3, 0.4) is 0 Å². The molecule has 0 amide bonds. The Morgan fingerprint density at radius 2 is 2.22 bits per heavy atom. The predicted octanol–water partition coefficient (Wildman–Crippen LogP) is 2.25. The van der Waals surface area contributed by atoms with Gasteiger partial charge in [-0.05, 0) is 12.5 Å². The third kappa shape index (κ3) is 2.20. The number of halogens is 1. The minimum atomic E-state index is -0.881. The first kappa shape index (κ1) is 12.9. The van der Waals surface area contributed by atoms with Crippen molar-refractivity contribution in [3.8, 4) is 11.5 Å². The highest BCUT2D eigenvalue weighted by Crippen LogP contribution is 2.43. The summed E-state index contributed by atoms with van der Waals surface area (Å²) >= 11 is 3.33. The summed E-state index contributed by atoms with van der Waals surface area (Å²) in [5.74, 6) is -0.578. The molecule has 0 saturated carbocycles. The van der Waals surface area contributed by atoms with Gasteiger partial charge in [-0.15, -0.1) is 0 Å². The molecule has 1 N–H and O–H groups in total. The lowest BCUT2D eigenvalue weighted by Gasteiger charge is -2.12. The maximum absolute atomic E-state index is 10.9. The van der Waals surface area contributed by atoms with Crippen LogP contribution >= 0.6 is 15.9 Å². The number of hydrogen-bond acceptors (Lipinski definition) is 4.